The van der Waals surface area contributed by atoms with Crippen molar-refractivity contribution in [1.29, 1.82) is 0 Å². The summed E-state index contributed by atoms with van der Waals surface area (Å²) in [5.41, 5.74) is 1.14. The second-order valence-corrected chi connectivity index (χ2v) is 10.1. The molecule has 1 saturated heterocycles. The number of piperazine rings is 1. The fourth-order valence-electron chi connectivity index (χ4n) is 3.75. The molecule has 174 valence electrons. The lowest BCUT2D eigenvalue weighted by atomic mass is 10.0. The van der Waals surface area contributed by atoms with Gasteiger partial charge in [0.05, 0.1) is 22.7 Å². The van der Waals surface area contributed by atoms with Crippen LogP contribution in [-0.2, 0) is 10.0 Å². The van der Waals surface area contributed by atoms with Crippen LogP contribution in [0.2, 0.25) is 5.02 Å². The molecule has 11 heteroatoms. The van der Waals surface area contributed by atoms with Crippen LogP contribution < -0.4 is 4.90 Å². The number of pyridine rings is 1. The molecule has 3 heterocycles. The van der Waals surface area contributed by atoms with Crippen molar-refractivity contribution >= 4 is 27.4 Å². The molecule has 0 bridgehead atoms. The molecule has 1 aliphatic rings. The summed E-state index contributed by atoms with van der Waals surface area (Å²) in [7, 11) is -3.27. The molecule has 0 amide bonds. The van der Waals surface area contributed by atoms with E-state index in [1.54, 1.807) is 6.07 Å². The summed E-state index contributed by atoms with van der Waals surface area (Å²) in [6.07, 6.45) is 5.06. The SMILES string of the molecule is CCCS(=O)(=O)N1CCN(c2cnc(-c3ccc(F)cc3F)c(-c3ccncc3Cl)n2)CC1. The zero-order chi connectivity index (χ0) is 23.6. The van der Waals surface area contributed by atoms with Gasteiger partial charge in [-0.2, -0.15) is 4.31 Å². The number of anilines is 1. The lowest BCUT2D eigenvalue weighted by molar-refractivity contribution is 0.383. The Balaban J connectivity index is 1.71. The minimum atomic E-state index is -3.27. The van der Waals surface area contributed by atoms with Crippen molar-refractivity contribution in [2.45, 2.75) is 13.3 Å². The van der Waals surface area contributed by atoms with E-state index < -0.39 is 21.7 Å². The molecule has 1 fully saturated rings. The van der Waals surface area contributed by atoms with E-state index in [1.165, 1.54) is 29.0 Å². The second-order valence-electron chi connectivity index (χ2n) is 7.61. The quantitative estimate of drug-likeness (QED) is 0.516. The molecular formula is C22H22ClF2N5O2S. The predicted molar refractivity (Wildman–Crippen MR) is 123 cm³/mol. The molecule has 2 aromatic heterocycles. The molecule has 0 radical (unpaired) electrons. The first-order chi connectivity index (χ1) is 15.8. The Bertz CT molecular complexity index is 1270. The molecule has 0 N–H and O–H groups in total. The lowest BCUT2D eigenvalue weighted by Crippen LogP contribution is -2.49. The predicted octanol–water partition coefficient (Wildman–Crippen LogP) is 4.00. The van der Waals surface area contributed by atoms with Crippen LogP contribution in [-0.4, -0.2) is 59.6 Å². The summed E-state index contributed by atoms with van der Waals surface area (Å²) < 4.78 is 54.3. The van der Waals surface area contributed by atoms with Gasteiger partial charge in [-0.3, -0.25) is 4.98 Å². The van der Waals surface area contributed by atoms with Crippen LogP contribution in [0.15, 0.2) is 42.9 Å². The molecule has 1 aromatic carbocycles. The van der Waals surface area contributed by atoms with Crippen molar-refractivity contribution in [3.8, 4) is 22.5 Å². The number of hydrogen-bond acceptors (Lipinski definition) is 6. The third kappa shape index (κ3) is 4.97. The molecule has 1 aliphatic heterocycles. The van der Waals surface area contributed by atoms with Crippen molar-refractivity contribution < 1.29 is 17.2 Å². The first-order valence-corrected chi connectivity index (χ1v) is 12.4. The molecule has 0 aliphatic carbocycles. The average Bonchev–Trinajstić information content (AvgIpc) is 2.79. The average molecular weight is 494 g/mol. The number of aromatic nitrogens is 3. The Morgan fingerprint density at radius 3 is 2.45 bits per heavy atom. The third-order valence-corrected chi connectivity index (χ3v) is 7.77. The second kappa shape index (κ2) is 9.66. The Morgan fingerprint density at radius 2 is 1.79 bits per heavy atom. The number of hydrogen-bond donors (Lipinski definition) is 0. The standard InChI is InChI=1S/C22H22ClF2N5O2S/c1-2-11-33(31,32)30-9-7-29(8-10-30)20-14-27-21(17-4-3-15(24)12-19(17)25)22(28-20)16-5-6-26-13-18(16)23/h3-6,12-14H,2,7-11H2,1H3. The Morgan fingerprint density at radius 1 is 1.03 bits per heavy atom. The first-order valence-electron chi connectivity index (χ1n) is 10.4. The number of nitrogens with zero attached hydrogens (tertiary/aromatic N) is 5. The largest absolute Gasteiger partial charge is 0.353 e. The monoisotopic (exact) mass is 493 g/mol. The topological polar surface area (TPSA) is 79.3 Å². The highest BCUT2D eigenvalue weighted by Crippen LogP contribution is 2.35. The van der Waals surface area contributed by atoms with Crippen molar-refractivity contribution in [2.24, 2.45) is 0 Å². The highest BCUT2D eigenvalue weighted by molar-refractivity contribution is 7.89. The highest BCUT2D eigenvalue weighted by atomic mass is 35.5. The van der Waals surface area contributed by atoms with E-state index >= 15 is 0 Å². The summed E-state index contributed by atoms with van der Waals surface area (Å²) >= 11 is 6.35. The molecule has 0 unspecified atom stereocenters. The lowest BCUT2D eigenvalue weighted by Gasteiger charge is -2.34. The normalized spacial score (nSPS) is 15.1. The van der Waals surface area contributed by atoms with Gasteiger partial charge in [-0.05, 0) is 24.6 Å². The summed E-state index contributed by atoms with van der Waals surface area (Å²) in [5, 5.41) is 0.309. The summed E-state index contributed by atoms with van der Waals surface area (Å²) in [6.45, 7) is 3.38. The van der Waals surface area contributed by atoms with Crippen LogP contribution in [0.25, 0.3) is 22.5 Å². The molecule has 33 heavy (non-hydrogen) atoms. The summed E-state index contributed by atoms with van der Waals surface area (Å²) in [6, 6.07) is 4.90. The van der Waals surface area contributed by atoms with Crippen LogP contribution in [0.1, 0.15) is 13.3 Å². The fraction of sp³-hybridized carbons (Fsp3) is 0.318. The van der Waals surface area contributed by atoms with Gasteiger partial charge in [0.15, 0.2) is 0 Å². The third-order valence-electron chi connectivity index (χ3n) is 5.39. The van der Waals surface area contributed by atoms with Crippen LogP contribution >= 0.6 is 11.6 Å². The molecule has 3 aromatic rings. The number of sulfonamides is 1. The van der Waals surface area contributed by atoms with E-state index in [0.717, 1.165) is 12.1 Å². The number of rotatable bonds is 6. The fourth-order valence-corrected chi connectivity index (χ4v) is 5.45. The van der Waals surface area contributed by atoms with E-state index in [0.29, 0.717) is 54.7 Å². The Hall–Kier alpha value is -2.69. The smallest absolute Gasteiger partial charge is 0.214 e. The van der Waals surface area contributed by atoms with E-state index in [2.05, 4.69) is 9.97 Å². The Labute approximate surface area is 196 Å². The van der Waals surface area contributed by atoms with E-state index in [1.807, 2.05) is 11.8 Å². The van der Waals surface area contributed by atoms with Crippen LogP contribution in [0, 0.1) is 11.6 Å². The molecule has 0 saturated carbocycles. The van der Waals surface area contributed by atoms with Crippen LogP contribution in [0.4, 0.5) is 14.6 Å². The van der Waals surface area contributed by atoms with E-state index in [4.69, 9.17) is 16.6 Å². The maximum atomic E-state index is 14.6. The molecule has 7 nitrogen and oxygen atoms in total. The van der Waals surface area contributed by atoms with Gasteiger partial charge in [0.25, 0.3) is 0 Å². The molecule has 0 spiro atoms. The Kier molecular flexibility index (Phi) is 6.87. The number of halogens is 3. The van der Waals surface area contributed by atoms with Crippen molar-refractivity contribution in [1.82, 2.24) is 19.3 Å². The van der Waals surface area contributed by atoms with Gasteiger partial charge in [-0.1, -0.05) is 18.5 Å². The summed E-state index contributed by atoms with van der Waals surface area (Å²) in [5.74, 6) is -0.828. The zero-order valence-electron chi connectivity index (χ0n) is 17.9. The maximum Gasteiger partial charge on any atom is 0.214 e. The maximum absolute atomic E-state index is 14.6. The van der Waals surface area contributed by atoms with Crippen LogP contribution in [0.5, 0.6) is 0 Å². The minimum absolute atomic E-state index is 0.0915. The first kappa shape index (κ1) is 23.5. The van der Waals surface area contributed by atoms with Gasteiger partial charge in [-0.25, -0.2) is 27.2 Å². The highest BCUT2D eigenvalue weighted by Gasteiger charge is 2.27. The van der Waals surface area contributed by atoms with Gasteiger partial charge < -0.3 is 4.90 Å². The van der Waals surface area contributed by atoms with Gasteiger partial charge in [-0.15, -0.1) is 0 Å². The summed E-state index contributed by atoms with van der Waals surface area (Å²) in [4.78, 5) is 15.1. The van der Waals surface area contributed by atoms with Gasteiger partial charge in [0.1, 0.15) is 23.1 Å². The molecule has 4 rings (SSSR count). The van der Waals surface area contributed by atoms with Crippen molar-refractivity contribution in [3.05, 3.63) is 59.5 Å². The van der Waals surface area contributed by atoms with Gasteiger partial charge in [0.2, 0.25) is 10.0 Å². The van der Waals surface area contributed by atoms with Gasteiger partial charge >= 0.3 is 0 Å². The van der Waals surface area contributed by atoms with Gasteiger partial charge in [0, 0.05) is 55.8 Å². The van der Waals surface area contributed by atoms with Crippen molar-refractivity contribution in [2.75, 3.05) is 36.8 Å². The molecule has 0 atom stereocenters. The number of benzene rings is 1. The zero-order valence-corrected chi connectivity index (χ0v) is 19.5. The molecular weight excluding hydrogens is 472 g/mol. The van der Waals surface area contributed by atoms with E-state index in [9.17, 15) is 17.2 Å². The van der Waals surface area contributed by atoms with Crippen molar-refractivity contribution in [3.63, 3.8) is 0 Å². The van der Waals surface area contributed by atoms with Crippen LogP contribution in [0.3, 0.4) is 0 Å². The minimum Gasteiger partial charge on any atom is -0.353 e. The van der Waals surface area contributed by atoms with E-state index in [-0.39, 0.29) is 17.0 Å².